The molecule has 126 valence electrons. The third-order valence-electron chi connectivity index (χ3n) is 3.91. The number of amides is 1. The van der Waals surface area contributed by atoms with E-state index in [1.54, 1.807) is 12.1 Å². The van der Waals surface area contributed by atoms with E-state index in [1.807, 2.05) is 30.5 Å². The maximum Gasteiger partial charge on any atom is 0.264 e. The Morgan fingerprint density at radius 1 is 1.21 bits per heavy atom. The zero-order valence-electron chi connectivity index (χ0n) is 13.4. The number of fused-ring (bicyclic) bond motifs is 1. The number of anilines is 2. The summed E-state index contributed by atoms with van der Waals surface area (Å²) in [6, 6.07) is 12.4. The fraction of sp³-hybridized carbons (Fsp3) is 0.235. The summed E-state index contributed by atoms with van der Waals surface area (Å²) in [6.45, 7) is 1.84. The van der Waals surface area contributed by atoms with E-state index in [0.717, 1.165) is 16.1 Å². The number of hydrogen-bond donors (Lipinski definition) is 1. The zero-order chi connectivity index (χ0) is 17.3. The average molecular weight is 362 g/mol. The van der Waals surface area contributed by atoms with Crippen molar-refractivity contribution in [3.8, 4) is 0 Å². The minimum Gasteiger partial charge on any atom is -0.325 e. The predicted octanol–water partition coefficient (Wildman–Crippen LogP) is 3.12. The quantitative estimate of drug-likeness (QED) is 0.849. The lowest BCUT2D eigenvalue weighted by Crippen LogP contribution is -2.29. The van der Waals surface area contributed by atoms with Crippen molar-refractivity contribution in [3.05, 3.63) is 48.0 Å². The zero-order valence-corrected chi connectivity index (χ0v) is 15.1. The van der Waals surface area contributed by atoms with Gasteiger partial charge in [-0.1, -0.05) is 18.2 Å². The fourth-order valence-corrected chi connectivity index (χ4v) is 4.88. The Bertz CT molecular complexity index is 894. The first-order valence-electron chi connectivity index (χ1n) is 7.50. The molecule has 5 nitrogen and oxygen atoms in total. The Morgan fingerprint density at radius 2 is 1.96 bits per heavy atom. The molecule has 1 aliphatic rings. The molecule has 0 fully saturated rings. The number of benzene rings is 2. The van der Waals surface area contributed by atoms with Crippen LogP contribution in [0.3, 0.4) is 0 Å². The summed E-state index contributed by atoms with van der Waals surface area (Å²) < 4.78 is 27.5. The van der Waals surface area contributed by atoms with Crippen LogP contribution >= 0.6 is 11.8 Å². The molecule has 24 heavy (non-hydrogen) atoms. The van der Waals surface area contributed by atoms with Crippen LogP contribution in [-0.2, 0) is 21.2 Å². The van der Waals surface area contributed by atoms with Crippen LogP contribution in [0.1, 0.15) is 12.5 Å². The summed E-state index contributed by atoms with van der Waals surface area (Å²) >= 11 is 1.45. The molecule has 0 saturated carbocycles. The summed E-state index contributed by atoms with van der Waals surface area (Å²) in [7, 11) is -3.66. The molecule has 0 unspecified atom stereocenters. The van der Waals surface area contributed by atoms with Crippen molar-refractivity contribution in [2.24, 2.45) is 0 Å². The second-order valence-corrected chi connectivity index (χ2v) is 8.21. The van der Waals surface area contributed by atoms with Gasteiger partial charge in [-0.15, -0.1) is 11.8 Å². The van der Waals surface area contributed by atoms with E-state index >= 15 is 0 Å². The number of rotatable bonds is 4. The molecule has 1 heterocycles. The predicted molar refractivity (Wildman–Crippen MR) is 97.2 cm³/mol. The highest BCUT2D eigenvalue weighted by Crippen LogP contribution is 2.35. The number of carbonyl (C=O) groups is 1. The van der Waals surface area contributed by atoms with Gasteiger partial charge in [-0.25, -0.2) is 8.42 Å². The molecule has 0 spiro atoms. The van der Waals surface area contributed by atoms with Gasteiger partial charge in [0.2, 0.25) is 5.91 Å². The minimum atomic E-state index is -3.66. The van der Waals surface area contributed by atoms with Gasteiger partial charge in [-0.2, -0.15) is 0 Å². The van der Waals surface area contributed by atoms with Crippen molar-refractivity contribution in [1.82, 2.24) is 0 Å². The number of hydrogen-bond acceptors (Lipinski definition) is 4. The van der Waals surface area contributed by atoms with Crippen molar-refractivity contribution in [2.75, 3.05) is 22.4 Å². The van der Waals surface area contributed by atoms with E-state index in [9.17, 15) is 13.2 Å². The Labute approximate surface area is 146 Å². The van der Waals surface area contributed by atoms with Gasteiger partial charge < -0.3 is 5.32 Å². The van der Waals surface area contributed by atoms with Gasteiger partial charge in [0, 0.05) is 18.4 Å². The van der Waals surface area contributed by atoms with Crippen LogP contribution in [0.25, 0.3) is 0 Å². The van der Waals surface area contributed by atoms with Crippen LogP contribution in [0.15, 0.2) is 52.3 Å². The average Bonchev–Trinajstić information content (AvgIpc) is 2.99. The van der Waals surface area contributed by atoms with Crippen molar-refractivity contribution < 1.29 is 13.2 Å². The highest BCUT2D eigenvalue weighted by molar-refractivity contribution is 7.98. The largest absolute Gasteiger partial charge is 0.325 e. The molecular formula is C17H18N2O3S2. The van der Waals surface area contributed by atoms with Gasteiger partial charge in [0.15, 0.2) is 0 Å². The van der Waals surface area contributed by atoms with E-state index in [2.05, 4.69) is 5.32 Å². The summed E-state index contributed by atoms with van der Waals surface area (Å²) in [5.74, 6) is -0.230. The number of sulfonamides is 1. The smallest absolute Gasteiger partial charge is 0.264 e. The SMILES string of the molecule is CSc1ccc(S(=O)(=O)N2CCc3ccccc32)cc1NC(C)=O. The van der Waals surface area contributed by atoms with E-state index in [1.165, 1.54) is 29.1 Å². The van der Waals surface area contributed by atoms with Gasteiger partial charge in [-0.05, 0) is 42.5 Å². The molecule has 2 aromatic rings. The first-order chi connectivity index (χ1) is 11.4. The van der Waals surface area contributed by atoms with Gasteiger partial charge in [0.05, 0.1) is 16.3 Å². The van der Waals surface area contributed by atoms with E-state index in [4.69, 9.17) is 0 Å². The standard InChI is InChI=1S/C17H18N2O3S2/c1-12(20)18-15-11-14(7-8-17(15)23-2)24(21,22)19-10-9-13-5-3-4-6-16(13)19/h3-8,11H,9-10H2,1-2H3,(H,18,20). The van der Waals surface area contributed by atoms with Crippen LogP contribution in [0.2, 0.25) is 0 Å². The lowest BCUT2D eigenvalue weighted by Gasteiger charge is -2.20. The molecule has 0 bridgehead atoms. The highest BCUT2D eigenvalue weighted by atomic mass is 32.2. The first kappa shape index (κ1) is 16.9. The summed E-state index contributed by atoms with van der Waals surface area (Å²) in [6.07, 6.45) is 2.59. The van der Waals surface area contributed by atoms with Gasteiger partial charge >= 0.3 is 0 Å². The summed E-state index contributed by atoms with van der Waals surface area (Å²) in [5.41, 5.74) is 2.28. The van der Waals surface area contributed by atoms with Crippen LogP contribution in [-0.4, -0.2) is 27.1 Å². The summed E-state index contributed by atoms with van der Waals surface area (Å²) in [4.78, 5) is 12.4. The molecule has 0 atom stereocenters. The topological polar surface area (TPSA) is 66.5 Å². The number of thioether (sulfide) groups is 1. The maximum absolute atomic E-state index is 13.0. The monoisotopic (exact) mass is 362 g/mol. The molecule has 7 heteroatoms. The third-order valence-corrected chi connectivity index (χ3v) is 6.52. The molecule has 0 aliphatic carbocycles. The van der Waals surface area contributed by atoms with Gasteiger partial charge in [0.25, 0.3) is 10.0 Å². The fourth-order valence-electron chi connectivity index (χ4n) is 2.82. The molecule has 1 N–H and O–H groups in total. The summed E-state index contributed by atoms with van der Waals surface area (Å²) in [5, 5.41) is 2.70. The second-order valence-electron chi connectivity index (χ2n) is 5.50. The number of para-hydroxylation sites is 1. The lowest BCUT2D eigenvalue weighted by molar-refractivity contribution is -0.114. The van der Waals surface area contributed by atoms with Crippen LogP contribution in [0.4, 0.5) is 11.4 Å². The molecular weight excluding hydrogens is 344 g/mol. The Hall–Kier alpha value is -1.99. The Balaban J connectivity index is 2.03. The van der Waals surface area contributed by atoms with E-state index < -0.39 is 10.0 Å². The normalized spacial score (nSPS) is 13.7. The first-order valence-corrected chi connectivity index (χ1v) is 10.2. The molecule has 1 amide bonds. The van der Waals surface area contributed by atoms with Crippen molar-refractivity contribution in [2.45, 2.75) is 23.1 Å². The maximum atomic E-state index is 13.0. The second kappa shape index (κ2) is 6.49. The van der Waals surface area contributed by atoms with Crippen molar-refractivity contribution in [3.63, 3.8) is 0 Å². The Morgan fingerprint density at radius 3 is 2.67 bits per heavy atom. The van der Waals surface area contributed by atoms with Crippen LogP contribution in [0.5, 0.6) is 0 Å². The third kappa shape index (κ3) is 3.01. The van der Waals surface area contributed by atoms with Gasteiger partial charge in [0.1, 0.15) is 0 Å². The Kier molecular flexibility index (Phi) is 4.56. The van der Waals surface area contributed by atoms with Gasteiger partial charge in [-0.3, -0.25) is 9.10 Å². The van der Waals surface area contributed by atoms with Crippen molar-refractivity contribution in [1.29, 1.82) is 0 Å². The molecule has 0 aromatic heterocycles. The van der Waals surface area contributed by atoms with E-state index in [0.29, 0.717) is 18.7 Å². The van der Waals surface area contributed by atoms with E-state index in [-0.39, 0.29) is 10.8 Å². The van der Waals surface area contributed by atoms with Crippen molar-refractivity contribution >= 4 is 39.1 Å². The molecule has 0 radical (unpaired) electrons. The molecule has 3 rings (SSSR count). The number of carbonyl (C=O) groups excluding carboxylic acids is 1. The lowest BCUT2D eigenvalue weighted by atomic mass is 10.2. The number of nitrogens with one attached hydrogen (secondary N) is 1. The van der Waals surface area contributed by atoms with Crippen LogP contribution < -0.4 is 9.62 Å². The molecule has 0 saturated heterocycles. The highest BCUT2D eigenvalue weighted by Gasteiger charge is 2.31. The molecule has 1 aliphatic heterocycles. The number of nitrogens with zero attached hydrogens (tertiary/aromatic N) is 1. The minimum absolute atomic E-state index is 0.181. The van der Waals surface area contributed by atoms with Crippen LogP contribution in [0, 0.1) is 0 Å². The molecule has 2 aromatic carbocycles.